The van der Waals surface area contributed by atoms with E-state index in [1.807, 2.05) is 13.0 Å². The van der Waals surface area contributed by atoms with E-state index in [1.165, 1.54) is 31.2 Å². The molecule has 0 aliphatic carbocycles. The maximum atomic E-state index is 12.5. The first-order valence-corrected chi connectivity index (χ1v) is 7.47. The lowest BCUT2D eigenvalue weighted by atomic mass is 10.1. The van der Waals surface area contributed by atoms with Crippen molar-refractivity contribution >= 4 is 29.3 Å². The average Bonchev–Trinajstić information content (AvgIpc) is 2.54. The molecule has 0 heterocycles. The van der Waals surface area contributed by atoms with E-state index in [2.05, 4.69) is 10.6 Å². The lowest BCUT2D eigenvalue weighted by Gasteiger charge is -2.10. The third-order valence-electron chi connectivity index (χ3n) is 3.22. The molecule has 0 saturated carbocycles. The van der Waals surface area contributed by atoms with Crippen LogP contribution in [0.3, 0.4) is 0 Å². The predicted molar refractivity (Wildman–Crippen MR) is 94.7 cm³/mol. The average molecular weight is 339 g/mol. The highest BCUT2D eigenvalue weighted by molar-refractivity contribution is 6.08. The molecule has 0 unspecified atom stereocenters. The van der Waals surface area contributed by atoms with Crippen LogP contribution >= 0.6 is 0 Å². The molecular weight excluding hydrogens is 322 g/mol. The summed E-state index contributed by atoms with van der Waals surface area (Å²) in [6, 6.07) is 13.0. The van der Waals surface area contributed by atoms with E-state index in [9.17, 15) is 19.7 Å². The van der Waals surface area contributed by atoms with Gasteiger partial charge in [-0.2, -0.15) is 0 Å². The van der Waals surface area contributed by atoms with Crippen LogP contribution in [0.4, 0.5) is 11.4 Å². The van der Waals surface area contributed by atoms with E-state index in [0.29, 0.717) is 11.3 Å². The normalized spacial score (nSPS) is 10.9. The fraction of sp³-hybridized carbons (Fsp3) is 0.111. The number of nitro benzene ring substituents is 1. The number of nitro groups is 1. The number of carbonyl (C=O) groups excluding carboxylic acids is 2. The van der Waals surface area contributed by atoms with E-state index >= 15 is 0 Å². The fourth-order valence-corrected chi connectivity index (χ4v) is 2.16. The molecule has 0 fully saturated rings. The first-order valence-electron chi connectivity index (χ1n) is 7.47. The Balaban J connectivity index is 2.31. The Kier molecular flexibility index (Phi) is 5.62. The molecule has 7 nitrogen and oxygen atoms in total. The summed E-state index contributed by atoms with van der Waals surface area (Å²) >= 11 is 0. The highest BCUT2D eigenvalue weighted by Crippen LogP contribution is 2.16. The van der Waals surface area contributed by atoms with Gasteiger partial charge in [-0.1, -0.05) is 24.3 Å². The summed E-state index contributed by atoms with van der Waals surface area (Å²) in [4.78, 5) is 34.2. The first-order chi connectivity index (χ1) is 11.8. The zero-order valence-electron chi connectivity index (χ0n) is 13.8. The van der Waals surface area contributed by atoms with Crippen molar-refractivity contribution in [2.45, 2.75) is 13.8 Å². The van der Waals surface area contributed by atoms with Crippen LogP contribution in [0.15, 0.2) is 54.2 Å². The van der Waals surface area contributed by atoms with Crippen LogP contribution in [0.1, 0.15) is 18.1 Å². The molecule has 0 bridgehead atoms. The van der Waals surface area contributed by atoms with Crippen molar-refractivity contribution in [1.82, 2.24) is 5.32 Å². The molecule has 2 aromatic carbocycles. The highest BCUT2D eigenvalue weighted by atomic mass is 16.6. The number of anilines is 1. The molecular formula is C18H17N3O4. The minimum absolute atomic E-state index is 0.00509. The predicted octanol–water partition coefficient (Wildman–Crippen LogP) is 3.02. The van der Waals surface area contributed by atoms with Crippen molar-refractivity contribution in [3.8, 4) is 0 Å². The topological polar surface area (TPSA) is 101 Å². The number of aryl methyl sites for hydroxylation is 1. The number of nitrogens with zero attached hydrogens (tertiary/aromatic N) is 1. The number of hydrogen-bond donors (Lipinski definition) is 2. The zero-order valence-corrected chi connectivity index (χ0v) is 13.8. The van der Waals surface area contributed by atoms with Crippen LogP contribution in [-0.2, 0) is 9.59 Å². The molecule has 0 atom stereocenters. The van der Waals surface area contributed by atoms with Crippen LogP contribution in [-0.4, -0.2) is 16.7 Å². The van der Waals surface area contributed by atoms with E-state index in [-0.39, 0.29) is 11.4 Å². The van der Waals surface area contributed by atoms with Gasteiger partial charge in [0.2, 0.25) is 5.91 Å². The Morgan fingerprint density at radius 2 is 1.84 bits per heavy atom. The maximum absolute atomic E-state index is 12.5. The molecule has 128 valence electrons. The standard InChI is InChI=1S/C18H17N3O4/c1-12-5-3-7-15(9-12)20-18(23)17(19-13(2)22)11-14-6-4-8-16(10-14)21(24)25/h3-11H,1-2H3,(H,19,22)(H,20,23)/b17-11+. The Morgan fingerprint density at radius 1 is 1.12 bits per heavy atom. The van der Waals surface area contributed by atoms with Crippen LogP contribution in [0.2, 0.25) is 0 Å². The number of amides is 2. The van der Waals surface area contributed by atoms with E-state index in [0.717, 1.165) is 5.56 Å². The van der Waals surface area contributed by atoms with Crippen molar-refractivity contribution in [2.75, 3.05) is 5.32 Å². The molecule has 2 amide bonds. The quantitative estimate of drug-likeness (QED) is 0.496. The van der Waals surface area contributed by atoms with Crippen molar-refractivity contribution in [2.24, 2.45) is 0 Å². The zero-order chi connectivity index (χ0) is 18.4. The summed E-state index contributed by atoms with van der Waals surface area (Å²) < 4.78 is 0. The van der Waals surface area contributed by atoms with Gasteiger partial charge in [-0.15, -0.1) is 0 Å². The lowest BCUT2D eigenvalue weighted by Crippen LogP contribution is -2.28. The Bertz CT molecular complexity index is 859. The molecule has 0 aliphatic heterocycles. The molecule has 2 rings (SSSR count). The summed E-state index contributed by atoms with van der Waals surface area (Å²) in [6.07, 6.45) is 1.39. The Labute approximate surface area is 144 Å². The van der Waals surface area contributed by atoms with Gasteiger partial charge in [0.25, 0.3) is 11.6 Å². The van der Waals surface area contributed by atoms with Crippen molar-refractivity contribution in [3.63, 3.8) is 0 Å². The largest absolute Gasteiger partial charge is 0.322 e. The SMILES string of the molecule is CC(=O)N/C(=C/c1cccc([N+](=O)[O-])c1)C(=O)Nc1cccc(C)c1. The Morgan fingerprint density at radius 3 is 2.48 bits per heavy atom. The van der Waals surface area contributed by atoms with Crippen LogP contribution in [0.5, 0.6) is 0 Å². The fourth-order valence-electron chi connectivity index (χ4n) is 2.16. The van der Waals surface area contributed by atoms with Gasteiger partial charge in [0.1, 0.15) is 5.70 Å². The highest BCUT2D eigenvalue weighted by Gasteiger charge is 2.13. The van der Waals surface area contributed by atoms with Crippen molar-refractivity contribution in [1.29, 1.82) is 0 Å². The van der Waals surface area contributed by atoms with Gasteiger partial charge in [0.15, 0.2) is 0 Å². The number of non-ortho nitro benzene ring substituents is 1. The van der Waals surface area contributed by atoms with Crippen molar-refractivity contribution < 1.29 is 14.5 Å². The molecule has 2 N–H and O–H groups in total. The minimum Gasteiger partial charge on any atom is -0.322 e. The summed E-state index contributed by atoms with van der Waals surface area (Å²) in [5.41, 5.74) is 1.88. The molecule has 7 heteroatoms. The summed E-state index contributed by atoms with van der Waals surface area (Å²) in [6.45, 7) is 3.17. The van der Waals surface area contributed by atoms with Crippen molar-refractivity contribution in [3.05, 3.63) is 75.5 Å². The maximum Gasteiger partial charge on any atom is 0.272 e. The van der Waals surface area contributed by atoms with Gasteiger partial charge < -0.3 is 10.6 Å². The number of carbonyl (C=O) groups is 2. The number of hydrogen-bond acceptors (Lipinski definition) is 4. The second-order valence-electron chi connectivity index (χ2n) is 5.41. The van der Waals surface area contributed by atoms with E-state index in [4.69, 9.17) is 0 Å². The Hall–Kier alpha value is -3.48. The summed E-state index contributed by atoms with van der Waals surface area (Å²) in [5, 5.41) is 16.0. The summed E-state index contributed by atoms with van der Waals surface area (Å²) in [5.74, 6) is -0.941. The molecule has 2 aromatic rings. The number of nitrogens with one attached hydrogen (secondary N) is 2. The minimum atomic E-state index is -0.526. The second-order valence-corrected chi connectivity index (χ2v) is 5.41. The van der Waals surface area contributed by atoms with Crippen LogP contribution < -0.4 is 10.6 Å². The van der Waals surface area contributed by atoms with E-state index in [1.54, 1.807) is 24.3 Å². The molecule has 0 saturated heterocycles. The van der Waals surface area contributed by atoms with Gasteiger partial charge in [-0.25, -0.2) is 0 Å². The number of rotatable bonds is 5. The van der Waals surface area contributed by atoms with Gasteiger partial charge >= 0.3 is 0 Å². The lowest BCUT2D eigenvalue weighted by molar-refractivity contribution is -0.384. The number of benzene rings is 2. The molecule has 0 aliphatic rings. The van der Waals surface area contributed by atoms with Gasteiger partial charge in [0, 0.05) is 24.7 Å². The summed E-state index contributed by atoms with van der Waals surface area (Å²) in [7, 11) is 0. The smallest absolute Gasteiger partial charge is 0.272 e. The third kappa shape index (κ3) is 5.28. The molecule has 0 radical (unpaired) electrons. The third-order valence-corrected chi connectivity index (χ3v) is 3.22. The van der Waals surface area contributed by atoms with Crippen LogP contribution in [0, 0.1) is 17.0 Å². The first kappa shape index (κ1) is 17.9. The molecule has 25 heavy (non-hydrogen) atoms. The van der Waals surface area contributed by atoms with Gasteiger partial charge in [-0.05, 0) is 36.3 Å². The second kappa shape index (κ2) is 7.87. The van der Waals surface area contributed by atoms with E-state index < -0.39 is 16.7 Å². The monoisotopic (exact) mass is 339 g/mol. The molecule has 0 spiro atoms. The molecule has 0 aromatic heterocycles. The van der Waals surface area contributed by atoms with Gasteiger partial charge in [0.05, 0.1) is 4.92 Å². The van der Waals surface area contributed by atoms with Gasteiger partial charge in [-0.3, -0.25) is 19.7 Å². The van der Waals surface area contributed by atoms with Crippen LogP contribution in [0.25, 0.3) is 6.08 Å².